The van der Waals surface area contributed by atoms with Gasteiger partial charge in [0, 0.05) is 12.1 Å². The van der Waals surface area contributed by atoms with E-state index in [1.54, 1.807) is 20.1 Å². The second kappa shape index (κ2) is 9.20. The van der Waals surface area contributed by atoms with E-state index in [0.717, 1.165) is 42.2 Å². The maximum Gasteiger partial charge on any atom is 0.274 e. The number of benzene rings is 1. The van der Waals surface area contributed by atoms with E-state index in [-0.39, 0.29) is 5.91 Å². The zero-order valence-corrected chi connectivity index (χ0v) is 16.1. The second-order valence-corrected chi connectivity index (χ2v) is 6.02. The molecule has 0 spiro atoms. The number of methoxy groups -OCH3 is 1. The summed E-state index contributed by atoms with van der Waals surface area (Å²) in [6.07, 6.45) is 1.49. The molecule has 0 unspecified atom stereocenters. The van der Waals surface area contributed by atoms with Crippen molar-refractivity contribution in [2.45, 2.75) is 34.2 Å². The number of carbonyl (C=O) groups excluding carboxylic acids is 1. The molecule has 1 amide bonds. The first-order chi connectivity index (χ1) is 12.5. The fraction of sp³-hybridized carbons (Fsp3) is 0.400. The zero-order chi connectivity index (χ0) is 19.1. The Bertz CT molecular complexity index is 776. The first-order valence-electron chi connectivity index (χ1n) is 8.78. The zero-order valence-electron chi connectivity index (χ0n) is 16.1. The highest BCUT2D eigenvalue weighted by atomic mass is 16.5. The smallest absolute Gasteiger partial charge is 0.274 e. The van der Waals surface area contributed by atoms with Gasteiger partial charge in [0.05, 0.1) is 24.6 Å². The molecule has 0 aliphatic rings. The molecule has 140 valence electrons. The van der Waals surface area contributed by atoms with Gasteiger partial charge < -0.3 is 9.15 Å². The van der Waals surface area contributed by atoms with Gasteiger partial charge in [0.25, 0.3) is 5.91 Å². The van der Waals surface area contributed by atoms with Crippen molar-refractivity contribution in [1.82, 2.24) is 10.3 Å². The summed E-state index contributed by atoms with van der Waals surface area (Å²) in [5.74, 6) is 1.14. The van der Waals surface area contributed by atoms with E-state index in [9.17, 15) is 4.79 Å². The summed E-state index contributed by atoms with van der Waals surface area (Å²) >= 11 is 0. The molecule has 1 aromatic carbocycles. The van der Waals surface area contributed by atoms with Gasteiger partial charge in [-0.25, -0.2) is 5.43 Å². The lowest BCUT2D eigenvalue weighted by Gasteiger charge is -2.20. The third-order valence-corrected chi connectivity index (χ3v) is 4.42. The molecule has 0 atom stereocenters. The van der Waals surface area contributed by atoms with Crippen LogP contribution in [0.2, 0.25) is 0 Å². The number of rotatable bonds is 8. The first-order valence-corrected chi connectivity index (χ1v) is 8.78. The van der Waals surface area contributed by atoms with Crippen LogP contribution in [0, 0.1) is 6.92 Å². The highest BCUT2D eigenvalue weighted by Gasteiger charge is 2.12. The Morgan fingerprint density at radius 2 is 2.00 bits per heavy atom. The maximum atomic E-state index is 12.1. The van der Waals surface area contributed by atoms with Gasteiger partial charge >= 0.3 is 0 Å². The number of nitrogens with zero attached hydrogens (tertiary/aromatic N) is 2. The van der Waals surface area contributed by atoms with Crippen molar-refractivity contribution in [2.75, 3.05) is 20.2 Å². The highest BCUT2D eigenvalue weighted by molar-refractivity contribution is 6.01. The third kappa shape index (κ3) is 4.73. The van der Waals surface area contributed by atoms with E-state index in [4.69, 9.17) is 9.15 Å². The largest absolute Gasteiger partial charge is 0.496 e. The summed E-state index contributed by atoms with van der Waals surface area (Å²) in [7, 11) is 1.68. The van der Waals surface area contributed by atoms with Gasteiger partial charge in [-0.1, -0.05) is 13.8 Å². The lowest BCUT2D eigenvalue weighted by molar-refractivity contribution is 0.0953. The van der Waals surface area contributed by atoms with Crippen LogP contribution in [-0.4, -0.2) is 36.7 Å². The number of ether oxygens (including phenoxy) is 1. The lowest BCUT2D eigenvalue weighted by Crippen LogP contribution is -2.23. The standard InChI is InChI=1S/C20H27N3O3/c1-6-23(7-2)13-17-12-16(8-9-19(17)25-5)14(3)21-22-20(24)18-10-11-26-15(18)4/h8-12H,6-7,13H2,1-5H3,(H,22,24)/b21-14-. The van der Waals surface area contributed by atoms with Crippen LogP contribution in [0.1, 0.15) is 48.0 Å². The summed E-state index contributed by atoms with van der Waals surface area (Å²) in [6.45, 7) is 10.6. The SMILES string of the molecule is CCN(CC)Cc1cc(/C(C)=N\NC(=O)c2ccoc2C)ccc1OC. The van der Waals surface area contributed by atoms with Crippen LogP contribution >= 0.6 is 0 Å². The molecular weight excluding hydrogens is 330 g/mol. The number of carbonyl (C=O) groups is 1. The lowest BCUT2D eigenvalue weighted by atomic mass is 10.1. The topological polar surface area (TPSA) is 67.1 Å². The van der Waals surface area contributed by atoms with Crippen molar-refractivity contribution in [3.05, 3.63) is 53.0 Å². The van der Waals surface area contributed by atoms with Gasteiger partial charge in [0.1, 0.15) is 11.5 Å². The molecule has 1 heterocycles. The predicted octanol–water partition coefficient (Wildman–Crippen LogP) is 3.59. The Labute approximate surface area is 154 Å². The molecule has 0 bridgehead atoms. The molecule has 0 aliphatic heterocycles. The van der Waals surface area contributed by atoms with E-state index in [1.165, 1.54) is 6.26 Å². The summed E-state index contributed by atoms with van der Waals surface area (Å²) < 4.78 is 10.6. The maximum absolute atomic E-state index is 12.1. The average molecular weight is 357 g/mol. The Morgan fingerprint density at radius 1 is 1.27 bits per heavy atom. The highest BCUT2D eigenvalue weighted by Crippen LogP contribution is 2.22. The van der Waals surface area contributed by atoms with E-state index in [2.05, 4.69) is 35.3 Å². The minimum Gasteiger partial charge on any atom is -0.496 e. The van der Waals surface area contributed by atoms with Crippen LogP contribution in [0.25, 0.3) is 0 Å². The molecule has 2 aromatic rings. The number of hydrogen-bond donors (Lipinski definition) is 1. The minimum absolute atomic E-state index is 0.285. The number of hydrazone groups is 1. The molecular formula is C20H27N3O3. The van der Waals surface area contributed by atoms with Gasteiger partial charge in [-0.05, 0) is 56.8 Å². The second-order valence-electron chi connectivity index (χ2n) is 6.02. The normalized spacial score (nSPS) is 11.7. The number of amides is 1. The number of hydrogen-bond acceptors (Lipinski definition) is 5. The van der Waals surface area contributed by atoms with E-state index < -0.39 is 0 Å². The molecule has 0 saturated heterocycles. The van der Waals surface area contributed by atoms with Gasteiger partial charge in [-0.15, -0.1) is 0 Å². The number of nitrogens with one attached hydrogen (secondary N) is 1. The van der Waals surface area contributed by atoms with Crippen LogP contribution in [0.15, 0.2) is 40.0 Å². The van der Waals surface area contributed by atoms with Crippen molar-refractivity contribution < 1.29 is 13.9 Å². The van der Waals surface area contributed by atoms with Crippen molar-refractivity contribution in [2.24, 2.45) is 5.10 Å². The molecule has 0 fully saturated rings. The quantitative estimate of drug-likeness (QED) is 0.579. The van der Waals surface area contributed by atoms with Crippen LogP contribution < -0.4 is 10.2 Å². The molecule has 6 nitrogen and oxygen atoms in total. The summed E-state index contributed by atoms with van der Waals surface area (Å²) in [5, 5.41) is 4.23. The van der Waals surface area contributed by atoms with Gasteiger partial charge in [0.15, 0.2) is 0 Å². The fourth-order valence-corrected chi connectivity index (χ4v) is 2.70. The van der Waals surface area contributed by atoms with E-state index >= 15 is 0 Å². The van der Waals surface area contributed by atoms with Crippen LogP contribution in [0.5, 0.6) is 5.75 Å². The number of aryl methyl sites for hydroxylation is 1. The van der Waals surface area contributed by atoms with Crippen LogP contribution in [0.3, 0.4) is 0 Å². The Hall–Kier alpha value is -2.60. The molecule has 1 aromatic heterocycles. The van der Waals surface area contributed by atoms with Gasteiger partial charge in [-0.2, -0.15) is 5.10 Å². The van der Waals surface area contributed by atoms with Gasteiger partial charge in [0.2, 0.25) is 0 Å². The molecule has 0 aliphatic carbocycles. The molecule has 0 radical (unpaired) electrons. The predicted molar refractivity (Wildman–Crippen MR) is 103 cm³/mol. The van der Waals surface area contributed by atoms with Crippen molar-refractivity contribution >= 4 is 11.6 Å². The Balaban J connectivity index is 2.18. The molecule has 2 rings (SSSR count). The monoisotopic (exact) mass is 357 g/mol. The summed E-state index contributed by atoms with van der Waals surface area (Å²) in [4.78, 5) is 14.5. The van der Waals surface area contributed by atoms with Crippen molar-refractivity contribution in [1.29, 1.82) is 0 Å². The minimum atomic E-state index is -0.285. The van der Waals surface area contributed by atoms with E-state index in [0.29, 0.717) is 11.3 Å². The van der Waals surface area contributed by atoms with Crippen molar-refractivity contribution in [3.63, 3.8) is 0 Å². The Kier molecular flexibility index (Phi) is 6.97. The molecule has 6 heteroatoms. The Morgan fingerprint density at radius 3 is 2.58 bits per heavy atom. The van der Waals surface area contributed by atoms with Crippen LogP contribution in [0.4, 0.5) is 0 Å². The fourth-order valence-electron chi connectivity index (χ4n) is 2.70. The number of furan rings is 1. The average Bonchev–Trinajstić information content (AvgIpc) is 3.09. The van der Waals surface area contributed by atoms with Crippen LogP contribution in [-0.2, 0) is 6.54 Å². The van der Waals surface area contributed by atoms with E-state index in [1.807, 2.05) is 19.1 Å². The van der Waals surface area contributed by atoms with Gasteiger partial charge in [-0.3, -0.25) is 9.69 Å². The third-order valence-electron chi connectivity index (χ3n) is 4.42. The first kappa shape index (κ1) is 19.7. The summed E-state index contributed by atoms with van der Waals surface area (Å²) in [5.41, 5.74) is 5.83. The van der Waals surface area contributed by atoms with Crippen molar-refractivity contribution in [3.8, 4) is 5.75 Å². The summed E-state index contributed by atoms with van der Waals surface area (Å²) in [6, 6.07) is 7.57. The molecule has 0 saturated carbocycles. The molecule has 1 N–H and O–H groups in total. The molecule has 26 heavy (non-hydrogen) atoms.